The summed E-state index contributed by atoms with van der Waals surface area (Å²) in [6, 6.07) is 7.01. The third-order valence-corrected chi connectivity index (χ3v) is 3.29. The number of imide groups is 1. The molecule has 0 saturated heterocycles. The van der Waals surface area contributed by atoms with Crippen LogP contribution in [-0.2, 0) is 9.59 Å². The van der Waals surface area contributed by atoms with Gasteiger partial charge in [-0.2, -0.15) is 0 Å². The number of rotatable bonds is 4. The Labute approximate surface area is 116 Å². The Balaban J connectivity index is 2.50. The number of benzene rings is 1. The highest BCUT2D eigenvalue weighted by Gasteiger charge is 2.38. The molecule has 0 unspecified atom stereocenters. The van der Waals surface area contributed by atoms with Crippen molar-refractivity contribution in [1.82, 2.24) is 4.90 Å². The second-order valence-corrected chi connectivity index (χ2v) is 4.53. The van der Waals surface area contributed by atoms with E-state index in [0.29, 0.717) is 24.3 Å². The molecule has 0 aromatic heterocycles. The number of nitrogens with zero attached hydrogens (tertiary/aromatic N) is 1. The number of carbonyl (C=O) groups excluding carboxylic acids is 2. The van der Waals surface area contributed by atoms with E-state index in [1.807, 2.05) is 6.92 Å². The first kappa shape index (κ1) is 13.6. The number of hydrogen-bond donors (Lipinski definition) is 0. The van der Waals surface area contributed by atoms with Crippen LogP contribution in [0.2, 0.25) is 0 Å². The summed E-state index contributed by atoms with van der Waals surface area (Å²) in [6.07, 6.45) is 0.695. The third kappa shape index (κ3) is 2.24. The molecule has 1 aliphatic rings. The van der Waals surface area contributed by atoms with Gasteiger partial charge in [0.25, 0.3) is 11.8 Å². The second-order valence-electron chi connectivity index (χ2n) is 4.15. The zero-order valence-electron chi connectivity index (χ0n) is 10.8. The molecule has 5 heteroatoms. The summed E-state index contributed by atoms with van der Waals surface area (Å²) < 4.78 is 5.21. The SMILES string of the molecule is CCCN1C(=O)C(Cl)=C(c2ccccc2OC)C1=O. The standard InChI is InChI=1S/C14H14ClNO3/c1-3-8-16-13(17)11(12(15)14(16)18)9-6-4-5-7-10(9)19-2/h4-7H,3,8H2,1-2H3. The third-order valence-electron chi connectivity index (χ3n) is 2.93. The first-order valence-electron chi connectivity index (χ1n) is 6.01. The largest absolute Gasteiger partial charge is 0.496 e. The van der Waals surface area contributed by atoms with Gasteiger partial charge in [0.05, 0.1) is 12.7 Å². The van der Waals surface area contributed by atoms with Gasteiger partial charge in [-0.25, -0.2) is 0 Å². The maximum atomic E-state index is 12.3. The summed E-state index contributed by atoms with van der Waals surface area (Å²) in [7, 11) is 1.51. The fourth-order valence-corrected chi connectivity index (χ4v) is 2.34. The lowest BCUT2D eigenvalue weighted by Crippen LogP contribution is -2.31. The molecule has 0 spiro atoms. The molecule has 0 aliphatic carbocycles. The van der Waals surface area contributed by atoms with Gasteiger partial charge in [-0.15, -0.1) is 0 Å². The molecule has 0 saturated carbocycles. The monoisotopic (exact) mass is 279 g/mol. The number of carbonyl (C=O) groups is 2. The summed E-state index contributed by atoms with van der Waals surface area (Å²) in [5, 5.41) is -0.0389. The summed E-state index contributed by atoms with van der Waals surface area (Å²) in [6.45, 7) is 2.27. The number of ether oxygens (including phenoxy) is 1. The van der Waals surface area contributed by atoms with Crippen LogP contribution in [0.1, 0.15) is 18.9 Å². The number of para-hydroxylation sites is 1. The van der Waals surface area contributed by atoms with E-state index < -0.39 is 5.91 Å². The van der Waals surface area contributed by atoms with Crippen LogP contribution in [0.4, 0.5) is 0 Å². The predicted molar refractivity (Wildman–Crippen MR) is 72.8 cm³/mol. The van der Waals surface area contributed by atoms with Crippen LogP contribution in [0.5, 0.6) is 5.75 Å². The van der Waals surface area contributed by atoms with Crippen molar-refractivity contribution in [2.75, 3.05) is 13.7 Å². The van der Waals surface area contributed by atoms with Crippen LogP contribution in [0.3, 0.4) is 0 Å². The molecule has 0 fully saturated rings. The van der Waals surface area contributed by atoms with Crippen LogP contribution in [0.15, 0.2) is 29.3 Å². The maximum Gasteiger partial charge on any atom is 0.273 e. The number of halogens is 1. The van der Waals surface area contributed by atoms with E-state index in [2.05, 4.69) is 0 Å². The average Bonchev–Trinajstić information content (AvgIpc) is 2.63. The van der Waals surface area contributed by atoms with Gasteiger partial charge in [-0.3, -0.25) is 14.5 Å². The Hall–Kier alpha value is -1.81. The molecule has 1 aromatic rings. The van der Waals surface area contributed by atoms with E-state index in [9.17, 15) is 9.59 Å². The summed E-state index contributed by atoms with van der Waals surface area (Å²) in [5.41, 5.74) is 0.768. The van der Waals surface area contributed by atoms with E-state index in [1.165, 1.54) is 12.0 Å². The molecule has 1 aromatic carbocycles. The Morgan fingerprint density at radius 1 is 1.21 bits per heavy atom. The van der Waals surface area contributed by atoms with Crippen LogP contribution in [0, 0.1) is 0 Å². The van der Waals surface area contributed by atoms with Gasteiger partial charge in [0, 0.05) is 12.1 Å². The van der Waals surface area contributed by atoms with E-state index in [4.69, 9.17) is 16.3 Å². The molecular formula is C14H14ClNO3. The van der Waals surface area contributed by atoms with E-state index in [-0.39, 0.29) is 16.5 Å². The molecule has 100 valence electrons. The van der Waals surface area contributed by atoms with Gasteiger partial charge >= 0.3 is 0 Å². The molecule has 0 N–H and O–H groups in total. The molecule has 2 rings (SSSR count). The fourth-order valence-electron chi connectivity index (χ4n) is 2.06. The molecule has 19 heavy (non-hydrogen) atoms. The van der Waals surface area contributed by atoms with Crippen LogP contribution in [-0.4, -0.2) is 30.4 Å². The molecule has 0 bridgehead atoms. The summed E-state index contributed by atoms with van der Waals surface area (Å²) in [5.74, 6) is -0.272. The van der Waals surface area contributed by atoms with Crippen LogP contribution >= 0.6 is 11.6 Å². The molecule has 4 nitrogen and oxygen atoms in total. The minimum absolute atomic E-state index is 0.0389. The zero-order valence-corrected chi connectivity index (χ0v) is 11.5. The van der Waals surface area contributed by atoms with E-state index >= 15 is 0 Å². The van der Waals surface area contributed by atoms with E-state index in [0.717, 1.165) is 0 Å². The van der Waals surface area contributed by atoms with Crippen molar-refractivity contribution in [3.63, 3.8) is 0 Å². The number of hydrogen-bond acceptors (Lipinski definition) is 3. The van der Waals surface area contributed by atoms with Crippen molar-refractivity contribution < 1.29 is 14.3 Å². The minimum Gasteiger partial charge on any atom is -0.496 e. The van der Waals surface area contributed by atoms with Gasteiger partial charge in [0.15, 0.2) is 0 Å². The van der Waals surface area contributed by atoms with Gasteiger partial charge < -0.3 is 4.74 Å². The highest BCUT2D eigenvalue weighted by Crippen LogP contribution is 2.36. The Morgan fingerprint density at radius 3 is 2.53 bits per heavy atom. The fraction of sp³-hybridized carbons (Fsp3) is 0.286. The normalized spacial score (nSPS) is 15.4. The van der Waals surface area contributed by atoms with Gasteiger partial charge in [-0.1, -0.05) is 36.7 Å². The van der Waals surface area contributed by atoms with Crippen molar-refractivity contribution >= 4 is 29.0 Å². The molecular weight excluding hydrogens is 266 g/mol. The van der Waals surface area contributed by atoms with Gasteiger partial charge in [0.1, 0.15) is 10.8 Å². The molecule has 0 atom stereocenters. The second kappa shape index (κ2) is 5.45. The molecule has 1 aliphatic heterocycles. The van der Waals surface area contributed by atoms with Crippen molar-refractivity contribution in [2.24, 2.45) is 0 Å². The van der Waals surface area contributed by atoms with Crippen LogP contribution < -0.4 is 4.74 Å². The quantitative estimate of drug-likeness (QED) is 0.795. The van der Waals surface area contributed by atoms with Crippen molar-refractivity contribution in [3.05, 3.63) is 34.9 Å². The smallest absolute Gasteiger partial charge is 0.273 e. The average molecular weight is 280 g/mol. The van der Waals surface area contributed by atoms with E-state index in [1.54, 1.807) is 24.3 Å². The van der Waals surface area contributed by atoms with Crippen molar-refractivity contribution in [1.29, 1.82) is 0 Å². The lowest BCUT2D eigenvalue weighted by atomic mass is 10.1. The molecule has 1 heterocycles. The summed E-state index contributed by atoms with van der Waals surface area (Å²) in [4.78, 5) is 25.4. The highest BCUT2D eigenvalue weighted by atomic mass is 35.5. The molecule has 0 radical (unpaired) electrons. The van der Waals surface area contributed by atoms with Crippen molar-refractivity contribution in [3.8, 4) is 5.75 Å². The Kier molecular flexibility index (Phi) is 3.90. The number of methoxy groups -OCH3 is 1. The zero-order chi connectivity index (χ0) is 14.0. The van der Waals surface area contributed by atoms with Gasteiger partial charge in [0.2, 0.25) is 0 Å². The highest BCUT2D eigenvalue weighted by molar-refractivity contribution is 6.55. The summed E-state index contributed by atoms with van der Waals surface area (Å²) >= 11 is 6.03. The lowest BCUT2D eigenvalue weighted by molar-refractivity contribution is -0.136. The topological polar surface area (TPSA) is 46.6 Å². The lowest BCUT2D eigenvalue weighted by Gasteiger charge is -2.13. The van der Waals surface area contributed by atoms with Gasteiger partial charge in [-0.05, 0) is 12.5 Å². The molecule has 2 amide bonds. The predicted octanol–water partition coefficient (Wildman–Crippen LogP) is 2.42. The first-order chi connectivity index (χ1) is 9.11. The first-order valence-corrected chi connectivity index (χ1v) is 6.39. The van der Waals surface area contributed by atoms with Crippen LogP contribution in [0.25, 0.3) is 5.57 Å². The Morgan fingerprint density at radius 2 is 1.89 bits per heavy atom. The number of amides is 2. The maximum absolute atomic E-state index is 12.3. The van der Waals surface area contributed by atoms with Crippen molar-refractivity contribution in [2.45, 2.75) is 13.3 Å². The minimum atomic E-state index is -0.436. The Bertz CT molecular complexity index is 566.